The molecule has 0 spiro atoms. The quantitative estimate of drug-likeness (QED) is 0.905. The molecule has 0 aromatic carbocycles. The summed E-state index contributed by atoms with van der Waals surface area (Å²) in [6.07, 6.45) is 1.23. The van der Waals surface area contributed by atoms with Crippen LogP contribution in [-0.2, 0) is 9.47 Å². The normalized spacial score (nSPS) is 22.6. The average Bonchev–Trinajstić information content (AvgIpc) is 2.78. The Labute approximate surface area is 115 Å². The Morgan fingerprint density at radius 3 is 3.00 bits per heavy atom. The number of halogens is 1. The van der Waals surface area contributed by atoms with Gasteiger partial charge >= 0.3 is 0 Å². The Morgan fingerprint density at radius 2 is 2.41 bits per heavy atom. The minimum atomic E-state index is 0.112. The number of thiophene rings is 1. The van der Waals surface area contributed by atoms with Crippen LogP contribution < -0.4 is 5.32 Å². The van der Waals surface area contributed by atoms with E-state index in [4.69, 9.17) is 9.47 Å². The van der Waals surface area contributed by atoms with E-state index >= 15 is 0 Å². The number of rotatable bonds is 5. The summed E-state index contributed by atoms with van der Waals surface area (Å²) < 4.78 is 12.5. The largest absolute Gasteiger partial charge is 0.376 e. The molecule has 2 rings (SSSR count). The molecule has 0 radical (unpaired) electrons. The molecule has 2 heterocycles. The molecule has 2 atom stereocenters. The molecule has 1 aromatic rings. The van der Waals surface area contributed by atoms with Crippen LogP contribution in [-0.4, -0.2) is 32.5 Å². The predicted octanol–water partition coefficient (Wildman–Crippen LogP) is 2.97. The van der Waals surface area contributed by atoms with Crippen LogP contribution in [0.3, 0.4) is 0 Å². The van der Waals surface area contributed by atoms with Crippen LogP contribution in [0.15, 0.2) is 15.2 Å². The van der Waals surface area contributed by atoms with Crippen molar-refractivity contribution in [1.29, 1.82) is 0 Å². The van der Waals surface area contributed by atoms with Gasteiger partial charge < -0.3 is 14.8 Å². The van der Waals surface area contributed by atoms with Crippen molar-refractivity contribution >= 4 is 27.3 Å². The molecule has 17 heavy (non-hydrogen) atoms. The van der Waals surface area contributed by atoms with Gasteiger partial charge in [0.1, 0.15) is 6.10 Å². The zero-order valence-corrected chi connectivity index (χ0v) is 12.4. The molecule has 0 saturated carbocycles. The number of hydrogen-bond donors (Lipinski definition) is 1. The fourth-order valence-corrected chi connectivity index (χ4v) is 3.53. The fraction of sp³-hybridized carbons (Fsp3) is 0.667. The third-order valence-corrected chi connectivity index (χ3v) is 4.56. The molecule has 1 fully saturated rings. The van der Waals surface area contributed by atoms with Crippen molar-refractivity contribution in [3.05, 3.63) is 20.8 Å². The van der Waals surface area contributed by atoms with Gasteiger partial charge in [0.2, 0.25) is 0 Å². The Bertz CT molecular complexity index is 339. The fourth-order valence-electron chi connectivity index (χ4n) is 1.95. The summed E-state index contributed by atoms with van der Waals surface area (Å²) >= 11 is 5.31. The van der Waals surface area contributed by atoms with E-state index in [0.29, 0.717) is 19.8 Å². The van der Waals surface area contributed by atoms with E-state index in [9.17, 15) is 0 Å². The lowest BCUT2D eigenvalue weighted by Gasteiger charge is -2.31. The minimum absolute atomic E-state index is 0.112. The lowest BCUT2D eigenvalue weighted by Crippen LogP contribution is -2.40. The highest BCUT2D eigenvalue weighted by Gasteiger charge is 2.27. The van der Waals surface area contributed by atoms with E-state index in [1.165, 1.54) is 5.56 Å². The van der Waals surface area contributed by atoms with E-state index in [2.05, 4.69) is 38.9 Å². The van der Waals surface area contributed by atoms with Crippen LogP contribution in [0, 0.1) is 0 Å². The smallest absolute Gasteiger partial charge is 0.100 e. The standard InChI is InChI=1S/C12H18BrNO2S/c1-2-3-14-12(9-7-17-8-10(9)13)11-6-15-4-5-16-11/h7-8,11-12,14H,2-6H2,1H3. The molecule has 3 nitrogen and oxygen atoms in total. The highest BCUT2D eigenvalue weighted by atomic mass is 79.9. The van der Waals surface area contributed by atoms with Gasteiger partial charge in [-0.25, -0.2) is 0 Å². The topological polar surface area (TPSA) is 30.5 Å². The molecule has 1 aliphatic heterocycles. The summed E-state index contributed by atoms with van der Waals surface area (Å²) in [6.45, 7) is 5.24. The monoisotopic (exact) mass is 319 g/mol. The summed E-state index contributed by atoms with van der Waals surface area (Å²) in [5.74, 6) is 0. The molecule has 2 unspecified atom stereocenters. The first kappa shape index (κ1) is 13.5. The third-order valence-electron chi connectivity index (χ3n) is 2.81. The molecule has 0 aliphatic carbocycles. The molecule has 1 aliphatic rings. The summed E-state index contributed by atoms with van der Waals surface area (Å²) in [6, 6.07) is 0.218. The first-order valence-corrected chi connectivity index (χ1v) is 7.70. The van der Waals surface area contributed by atoms with Gasteiger partial charge in [-0.1, -0.05) is 6.92 Å². The van der Waals surface area contributed by atoms with E-state index < -0.39 is 0 Å². The van der Waals surface area contributed by atoms with Crippen LogP contribution in [0.2, 0.25) is 0 Å². The molecule has 1 N–H and O–H groups in total. The van der Waals surface area contributed by atoms with Gasteiger partial charge in [-0.15, -0.1) is 0 Å². The summed E-state index contributed by atoms with van der Waals surface area (Å²) in [5, 5.41) is 7.84. The van der Waals surface area contributed by atoms with Gasteiger partial charge in [-0.2, -0.15) is 11.3 Å². The van der Waals surface area contributed by atoms with Crippen molar-refractivity contribution < 1.29 is 9.47 Å². The van der Waals surface area contributed by atoms with Gasteiger partial charge in [-0.05, 0) is 39.8 Å². The van der Waals surface area contributed by atoms with E-state index in [-0.39, 0.29) is 12.1 Å². The van der Waals surface area contributed by atoms with E-state index in [0.717, 1.165) is 17.4 Å². The highest BCUT2D eigenvalue weighted by molar-refractivity contribution is 9.10. The second kappa shape index (κ2) is 6.85. The lowest BCUT2D eigenvalue weighted by atomic mass is 10.0. The van der Waals surface area contributed by atoms with Crippen LogP contribution in [0.1, 0.15) is 24.9 Å². The predicted molar refractivity (Wildman–Crippen MR) is 73.6 cm³/mol. The zero-order chi connectivity index (χ0) is 12.1. The SMILES string of the molecule is CCCNC(c1cscc1Br)C1COCCO1. The van der Waals surface area contributed by atoms with Crippen LogP contribution in [0.25, 0.3) is 0 Å². The van der Waals surface area contributed by atoms with Crippen LogP contribution in [0.5, 0.6) is 0 Å². The maximum Gasteiger partial charge on any atom is 0.100 e. The first-order valence-electron chi connectivity index (χ1n) is 5.97. The molecule has 0 bridgehead atoms. The van der Waals surface area contributed by atoms with Crippen molar-refractivity contribution in [2.75, 3.05) is 26.4 Å². The second-order valence-corrected chi connectivity index (χ2v) is 5.69. The Hall–Kier alpha value is 0.0600. The highest BCUT2D eigenvalue weighted by Crippen LogP contribution is 2.31. The molecular formula is C12H18BrNO2S. The lowest BCUT2D eigenvalue weighted by molar-refractivity contribution is -0.102. The van der Waals surface area contributed by atoms with E-state index in [1.54, 1.807) is 11.3 Å². The van der Waals surface area contributed by atoms with Crippen molar-refractivity contribution in [3.63, 3.8) is 0 Å². The van der Waals surface area contributed by atoms with Gasteiger partial charge in [0.15, 0.2) is 0 Å². The molecular weight excluding hydrogens is 302 g/mol. The third kappa shape index (κ3) is 3.51. The minimum Gasteiger partial charge on any atom is -0.376 e. The number of hydrogen-bond acceptors (Lipinski definition) is 4. The van der Waals surface area contributed by atoms with E-state index in [1.807, 2.05) is 0 Å². The van der Waals surface area contributed by atoms with Crippen molar-refractivity contribution in [2.24, 2.45) is 0 Å². The number of ether oxygens (including phenoxy) is 2. The number of nitrogens with one attached hydrogen (secondary N) is 1. The molecule has 96 valence electrons. The maximum absolute atomic E-state index is 5.81. The Kier molecular flexibility index (Phi) is 5.44. The maximum atomic E-state index is 5.81. The first-order chi connectivity index (χ1) is 8.33. The molecule has 1 saturated heterocycles. The van der Waals surface area contributed by atoms with Gasteiger partial charge in [0, 0.05) is 9.85 Å². The summed E-state index contributed by atoms with van der Waals surface area (Å²) in [4.78, 5) is 0. The van der Waals surface area contributed by atoms with Gasteiger partial charge in [0.25, 0.3) is 0 Å². The zero-order valence-electron chi connectivity index (χ0n) is 9.95. The molecule has 5 heteroatoms. The second-order valence-electron chi connectivity index (χ2n) is 4.09. The van der Waals surface area contributed by atoms with Crippen molar-refractivity contribution in [2.45, 2.75) is 25.5 Å². The Morgan fingerprint density at radius 1 is 1.53 bits per heavy atom. The Balaban J connectivity index is 2.09. The average molecular weight is 320 g/mol. The molecule has 1 aromatic heterocycles. The van der Waals surface area contributed by atoms with Crippen molar-refractivity contribution in [3.8, 4) is 0 Å². The summed E-state index contributed by atoms with van der Waals surface area (Å²) in [7, 11) is 0. The van der Waals surface area contributed by atoms with Crippen molar-refractivity contribution in [1.82, 2.24) is 5.32 Å². The summed E-state index contributed by atoms with van der Waals surface area (Å²) in [5.41, 5.74) is 1.28. The van der Waals surface area contributed by atoms with Crippen LogP contribution in [0.4, 0.5) is 0 Å². The van der Waals surface area contributed by atoms with Crippen LogP contribution >= 0.6 is 27.3 Å². The van der Waals surface area contributed by atoms with Gasteiger partial charge in [-0.3, -0.25) is 0 Å². The van der Waals surface area contributed by atoms with Gasteiger partial charge in [0.05, 0.1) is 25.9 Å². The molecule has 0 amide bonds.